The third-order valence-corrected chi connectivity index (χ3v) is 5.45. The van der Waals surface area contributed by atoms with Crippen molar-refractivity contribution in [3.63, 3.8) is 0 Å². The molecular weight excluding hydrogens is 366 g/mol. The third kappa shape index (κ3) is 4.68. The molecule has 0 unspecified atom stereocenters. The molecule has 2 amide bonds. The molecular formula is C19H21N3O4S. The molecule has 3 heterocycles. The van der Waals surface area contributed by atoms with Crippen molar-refractivity contribution in [3.05, 3.63) is 40.2 Å². The number of furan rings is 1. The summed E-state index contributed by atoms with van der Waals surface area (Å²) < 4.78 is 10.2. The number of terminal acetylenes is 1. The lowest BCUT2D eigenvalue weighted by atomic mass is 9.98. The van der Waals surface area contributed by atoms with E-state index in [2.05, 4.69) is 10.9 Å². The Morgan fingerprint density at radius 2 is 2.26 bits per heavy atom. The third-order valence-electron chi connectivity index (χ3n) is 4.44. The lowest BCUT2D eigenvalue weighted by Gasteiger charge is -2.30. The first-order chi connectivity index (χ1) is 13.1. The fourth-order valence-electron chi connectivity index (χ4n) is 2.98. The molecule has 0 spiro atoms. The molecule has 0 radical (unpaired) electrons. The SMILES string of the molecule is C#CCOC(=O)N1CCC(c2nc(C(=O)N(C)Cc3ccco3)cs2)CC1. The first-order valence-corrected chi connectivity index (χ1v) is 9.55. The van der Waals surface area contributed by atoms with Crippen LogP contribution < -0.4 is 0 Å². The van der Waals surface area contributed by atoms with Crippen LogP contribution in [0, 0.1) is 12.3 Å². The van der Waals surface area contributed by atoms with Gasteiger partial charge in [0.05, 0.1) is 17.8 Å². The summed E-state index contributed by atoms with van der Waals surface area (Å²) in [6.07, 6.45) is 7.89. The maximum Gasteiger partial charge on any atom is 0.410 e. The highest BCUT2D eigenvalue weighted by molar-refractivity contribution is 7.09. The van der Waals surface area contributed by atoms with Crippen LogP contribution >= 0.6 is 11.3 Å². The van der Waals surface area contributed by atoms with E-state index < -0.39 is 0 Å². The summed E-state index contributed by atoms with van der Waals surface area (Å²) in [6, 6.07) is 3.63. The van der Waals surface area contributed by atoms with E-state index >= 15 is 0 Å². The number of rotatable bonds is 5. The number of thiazole rings is 1. The second-order valence-corrected chi connectivity index (χ2v) is 7.22. The first kappa shape index (κ1) is 19.0. The molecule has 8 heteroatoms. The van der Waals surface area contributed by atoms with Gasteiger partial charge in [0.2, 0.25) is 0 Å². The zero-order valence-electron chi connectivity index (χ0n) is 15.1. The molecule has 1 saturated heterocycles. The number of carbonyl (C=O) groups is 2. The van der Waals surface area contributed by atoms with E-state index in [0.29, 0.717) is 25.3 Å². The average Bonchev–Trinajstić information content (AvgIpc) is 3.37. The van der Waals surface area contributed by atoms with Gasteiger partial charge in [-0.3, -0.25) is 4.79 Å². The summed E-state index contributed by atoms with van der Waals surface area (Å²) in [6.45, 7) is 1.57. The normalized spacial score (nSPS) is 14.6. The molecule has 7 nitrogen and oxygen atoms in total. The van der Waals surface area contributed by atoms with Gasteiger partial charge in [-0.1, -0.05) is 5.92 Å². The minimum absolute atomic E-state index is 0.0117. The van der Waals surface area contributed by atoms with E-state index in [1.54, 1.807) is 34.6 Å². The van der Waals surface area contributed by atoms with Crippen LogP contribution in [0.4, 0.5) is 4.79 Å². The van der Waals surface area contributed by atoms with Crippen molar-refractivity contribution in [1.82, 2.24) is 14.8 Å². The molecule has 0 N–H and O–H groups in total. The standard InChI is InChI=1S/C19H21N3O4S/c1-3-10-26-19(24)22-8-6-14(7-9-22)17-20-16(13-27-17)18(23)21(2)12-15-5-4-11-25-15/h1,4-5,11,13-14H,6-10,12H2,2H3. The van der Waals surface area contributed by atoms with Crippen LogP contribution in [0.25, 0.3) is 0 Å². The molecule has 0 aliphatic carbocycles. The van der Waals surface area contributed by atoms with Crippen LogP contribution in [-0.2, 0) is 11.3 Å². The maximum absolute atomic E-state index is 12.6. The number of piperidine rings is 1. The van der Waals surface area contributed by atoms with Crippen molar-refractivity contribution in [1.29, 1.82) is 0 Å². The van der Waals surface area contributed by atoms with Crippen LogP contribution in [0.2, 0.25) is 0 Å². The molecule has 2 aromatic rings. The van der Waals surface area contributed by atoms with Gasteiger partial charge in [-0.15, -0.1) is 17.8 Å². The predicted octanol–water partition coefficient (Wildman–Crippen LogP) is 2.96. The molecule has 1 aliphatic heterocycles. The summed E-state index contributed by atoms with van der Waals surface area (Å²) in [4.78, 5) is 32.2. The summed E-state index contributed by atoms with van der Waals surface area (Å²) in [5.74, 6) is 3.12. The largest absolute Gasteiger partial charge is 0.467 e. The van der Waals surface area contributed by atoms with Gasteiger partial charge in [0, 0.05) is 31.4 Å². The number of likely N-dealkylation sites (tertiary alicyclic amines) is 1. The molecule has 27 heavy (non-hydrogen) atoms. The molecule has 0 aromatic carbocycles. The van der Waals surface area contributed by atoms with Gasteiger partial charge in [-0.2, -0.15) is 0 Å². The number of carbonyl (C=O) groups excluding carboxylic acids is 2. The zero-order chi connectivity index (χ0) is 19.2. The van der Waals surface area contributed by atoms with Gasteiger partial charge >= 0.3 is 6.09 Å². The zero-order valence-corrected chi connectivity index (χ0v) is 15.9. The summed E-state index contributed by atoms with van der Waals surface area (Å²) in [5, 5.41) is 2.73. The number of hydrogen-bond donors (Lipinski definition) is 0. The van der Waals surface area contributed by atoms with Crippen LogP contribution in [0.5, 0.6) is 0 Å². The monoisotopic (exact) mass is 387 g/mol. The van der Waals surface area contributed by atoms with E-state index in [9.17, 15) is 9.59 Å². The molecule has 0 bridgehead atoms. The highest BCUT2D eigenvalue weighted by Crippen LogP contribution is 2.30. The van der Waals surface area contributed by atoms with Gasteiger partial charge in [0.15, 0.2) is 6.61 Å². The fourth-order valence-corrected chi connectivity index (χ4v) is 3.95. The number of ether oxygens (including phenoxy) is 1. The van der Waals surface area contributed by atoms with Crippen molar-refractivity contribution >= 4 is 23.3 Å². The summed E-state index contributed by atoms with van der Waals surface area (Å²) in [5.41, 5.74) is 0.444. The Bertz CT molecular complexity index is 816. The Hall–Kier alpha value is -2.79. The minimum atomic E-state index is -0.374. The Morgan fingerprint density at radius 1 is 1.48 bits per heavy atom. The highest BCUT2D eigenvalue weighted by atomic mass is 32.1. The van der Waals surface area contributed by atoms with Gasteiger partial charge in [-0.25, -0.2) is 9.78 Å². The quantitative estimate of drug-likeness (QED) is 0.738. The maximum atomic E-state index is 12.6. The smallest absolute Gasteiger partial charge is 0.410 e. The predicted molar refractivity (Wildman–Crippen MR) is 100 cm³/mol. The lowest BCUT2D eigenvalue weighted by Crippen LogP contribution is -2.38. The van der Waals surface area contributed by atoms with E-state index in [1.807, 2.05) is 6.07 Å². The van der Waals surface area contributed by atoms with Crippen LogP contribution in [-0.4, -0.2) is 53.5 Å². The van der Waals surface area contributed by atoms with Crippen molar-refractivity contribution in [2.75, 3.05) is 26.7 Å². The van der Waals surface area contributed by atoms with Crippen LogP contribution in [0.1, 0.15) is 40.0 Å². The van der Waals surface area contributed by atoms with Crippen LogP contribution in [0.3, 0.4) is 0 Å². The van der Waals surface area contributed by atoms with Gasteiger partial charge in [0.1, 0.15) is 11.5 Å². The topological polar surface area (TPSA) is 75.9 Å². The van der Waals surface area contributed by atoms with Gasteiger partial charge in [0.25, 0.3) is 5.91 Å². The van der Waals surface area contributed by atoms with Crippen molar-refractivity contribution in [2.24, 2.45) is 0 Å². The van der Waals surface area contributed by atoms with Crippen molar-refractivity contribution in [3.8, 4) is 12.3 Å². The van der Waals surface area contributed by atoms with E-state index in [4.69, 9.17) is 15.6 Å². The molecule has 142 valence electrons. The first-order valence-electron chi connectivity index (χ1n) is 8.67. The summed E-state index contributed by atoms with van der Waals surface area (Å²) >= 11 is 1.49. The van der Waals surface area contributed by atoms with Crippen molar-refractivity contribution < 1.29 is 18.7 Å². The number of nitrogens with zero attached hydrogens (tertiary/aromatic N) is 3. The molecule has 1 fully saturated rings. The highest BCUT2D eigenvalue weighted by Gasteiger charge is 2.27. The Kier molecular flexibility index (Phi) is 6.14. The lowest BCUT2D eigenvalue weighted by molar-refractivity contribution is 0.0770. The molecule has 1 aliphatic rings. The number of aromatic nitrogens is 1. The van der Waals surface area contributed by atoms with E-state index in [-0.39, 0.29) is 24.5 Å². The van der Waals surface area contributed by atoms with Crippen LogP contribution in [0.15, 0.2) is 28.2 Å². The summed E-state index contributed by atoms with van der Waals surface area (Å²) in [7, 11) is 1.73. The van der Waals surface area contributed by atoms with E-state index in [1.165, 1.54) is 11.3 Å². The molecule has 2 aromatic heterocycles. The van der Waals surface area contributed by atoms with E-state index in [0.717, 1.165) is 23.6 Å². The van der Waals surface area contributed by atoms with Crippen molar-refractivity contribution in [2.45, 2.75) is 25.3 Å². The fraction of sp³-hybridized carbons (Fsp3) is 0.421. The minimum Gasteiger partial charge on any atom is -0.467 e. The number of amides is 2. The Labute approximate surface area is 161 Å². The number of hydrogen-bond acceptors (Lipinski definition) is 6. The second-order valence-electron chi connectivity index (χ2n) is 6.33. The average molecular weight is 387 g/mol. The van der Waals surface area contributed by atoms with Gasteiger partial charge in [-0.05, 0) is 25.0 Å². The Balaban J connectivity index is 1.54. The second kappa shape index (κ2) is 8.73. The molecule has 3 rings (SSSR count). The Morgan fingerprint density at radius 3 is 2.93 bits per heavy atom. The molecule has 0 atom stereocenters. The van der Waals surface area contributed by atoms with Gasteiger partial charge < -0.3 is 19.0 Å². The molecule has 0 saturated carbocycles.